The number of thiazole rings is 1. The fraction of sp³-hybridized carbons (Fsp3) is 0.188. The molecule has 0 amide bonds. The maximum Gasteiger partial charge on any atom is 0.124 e. The molecule has 1 aliphatic carbocycles. The highest BCUT2D eigenvalue weighted by Crippen LogP contribution is 2.47. The maximum atomic E-state index is 6.38. The first kappa shape index (κ1) is 11.1. The zero-order chi connectivity index (χ0) is 12.9. The van der Waals surface area contributed by atoms with E-state index in [4.69, 9.17) is 10.7 Å². The van der Waals surface area contributed by atoms with Crippen LogP contribution in [0.25, 0.3) is 20.8 Å². The van der Waals surface area contributed by atoms with Crippen molar-refractivity contribution >= 4 is 21.6 Å². The van der Waals surface area contributed by atoms with Crippen molar-refractivity contribution in [2.75, 3.05) is 0 Å². The highest BCUT2D eigenvalue weighted by atomic mass is 32.1. The number of fused-ring (bicyclic) bond motifs is 1. The van der Waals surface area contributed by atoms with E-state index in [0.717, 1.165) is 23.4 Å². The van der Waals surface area contributed by atoms with Gasteiger partial charge in [0.1, 0.15) is 5.01 Å². The van der Waals surface area contributed by atoms with Crippen LogP contribution in [0.4, 0.5) is 0 Å². The minimum Gasteiger partial charge on any atom is -0.321 e. The van der Waals surface area contributed by atoms with E-state index >= 15 is 0 Å². The number of benzene rings is 2. The third-order valence-electron chi connectivity index (χ3n) is 3.78. The molecule has 2 N–H and O–H groups in total. The first-order chi connectivity index (χ1) is 9.26. The lowest BCUT2D eigenvalue weighted by molar-refractivity contribution is 0.742. The molecular formula is C16H14N2S. The Morgan fingerprint density at radius 1 is 1.00 bits per heavy atom. The molecule has 2 nitrogen and oxygen atoms in total. The number of hydrogen-bond donors (Lipinski definition) is 1. The molecule has 4 rings (SSSR count). The summed E-state index contributed by atoms with van der Waals surface area (Å²) in [4.78, 5) is 4.75. The van der Waals surface area contributed by atoms with Crippen LogP contribution in [0.2, 0.25) is 0 Å². The van der Waals surface area contributed by atoms with Crippen molar-refractivity contribution in [3.8, 4) is 10.6 Å². The van der Waals surface area contributed by atoms with Crippen molar-refractivity contribution in [2.24, 2.45) is 5.73 Å². The number of nitrogens with zero attached hydrogens (tertiary/aromatic N) is 1. The molecule has 1 heterocycles. The van der Waals surface area contributed by atoms with Gasteiger partial charge >= 0.3 is 0 Å². The van der Waals surface area contributed by atoms with Gasteiger partial charge in [-0.05, 0) is 30.5 Å². The summed E-state index contributed by atoms with van der Waals surface area (Å²) in [7, 11) is 0. The predicted molar refractivity (Wildman–Crippen MR) is 80.2 cm³/mol. The molecule has 1 saturated carbocycles. The van der Waals surface area contributed by atoms with Crippen LogP contribution in [0.5, 0.6) is 0 Å². The Kier molecular flexibility index (Phi) is 2.28. The van der Waals surface area contributed by atoms with Crippen LogP contribution in [0, 0.1) is 0 Å². The summed E-state index contributed by atoms with van der Waals surface area (Å²) in [6.45, 7) is 0. The Balaban J connectivity index is 1.92. The van der Waals surface area contributed by atoms with Crippen LogP contribution in [0.3, 0.4) is 0 Å². The number of nitrogens with two attached hydrogens (primary N) is 1. The molecular weight excluding hydrogens is 252 g/mol. The summed E-state index contributed by atoms with van der Waals surface area (Å²) >= 11 is 1.74. The maximum absolute atomic E-state index is 6.38. The van der Waals surface area contributed by atoms with Gasteiger partial charge in [0, 0.05) is 11.1 Å². The zero-order valence-electron chi connectivity index (χ0n) is 10.5. The van der Waals surface area contributed by atoms with Gasteiger partial charge in [0.15, 0.2) is 0 Å². The molecule has 0 bridgehead atoms. The van der Waals surface area contributed by atoms with Gasteiger partial charge in [0.05, 0.1) is 10.2 Å². The lowest BCUT2D eigenvalue weighted by Gasteiger charge is -2.13. The first-order valence-electron chi connectivity index (χ1n) is 6.51. The summed E-state index contributed by atoms with van der Waals surface area (Å²) in [5.41, 5.74) is 9.77. The minimum absolute atomic E-state index is 0.117. The van der Waals surface area contributed by atoms with E-state index in [9.17, 15) is 0 Å². The third kappa shape index (κ3) is 1.78. The van der Waals surface area contributed by atoms with Crippen molar-refractivity contribution in [3.05, 3.63) is 54.1 Å². The molecule has 94 valence electrons. The Morgan fingerprint density at radius 2 is 1.74 bits per heavy atom. The Labute approximate surface area is 115 Å². The van der Waals surface area contributed by atoms with Crippen LogP contribution < -0.4 is 5.73 Å². The Hall–Kier alpha value is -1.71. The van der Waals surface area contributed by atoms with Gasteiger partial charge in [-0.25, -0.2) is 4.98 Å². The fourth-order valence-corrected chi connectivity index (χ4v) is 3.50. The normalized spacial score (nSPS) is 16.7. The number of rotatable bonds is 2. The molecule has 0 saturated heterocycles. The van der Waals surface area contributed by atoms with E-state index in [1.54, 1.807) is 11.3 Å². The zero-order valence-corrected chi connectivity index (χ0v) is 11.3. The average molecular weight is 266 g/mol. The molecule has 0 radical (unpaired) electrons. The number of aromatic nitrogens is 1. The smallest absolute Gasteiger partial charge is 0.124 e. The summed E-state index contributed by atoms with van der Waals surface area (Å²) in [6, 6.07) is 16.7. The van der Waals surface area contributed by atoms with E-state index in [0.29, 0.717) is 0 Å². The summed E-state index contributed by atoms with van der Waals surface area (Å²) in [5.74, 6) is 0. The molecule has 1 aromatic heterocycles. The molecule has 0 aliphatic heterocycles. The topological polar surface area (TPSA) is 38.9 Å². The van der Waals surface area contributed by atoms with E-state index < -0.39 is 0 Å². The standard InChI is InChI=1S/C16H14N2S/c17-16(9-10-16)12-6-2-1-5-11(12)15-18-13-7-3-4-8-14(13)19-15/h1-8H,9-10,17H2. The summed E-state index contributed by atoms with van der Waals surface area (Å²) in [6.07, 6.45) is 2.16. The molecule has 0 unspecified atom stereocenters. The highest BCUT2D eigenvalue weighted by Gasteiger charge is 2.41. The average Bonchev–Trinajstić information content (AvgIpc) is 3.05. The van der Waals surface area contributed by atoms with Crippen LogP contribution in [-0.4, -0.2) is 4.98 Å². The Morgan fingerprint density at radius 3 is 2.53 bits per heavy atom. The predicted octanol–water partition coefficient (Wildman–Crippen LogP) is 3.91. The highest BCUT2D eigenvalue weighted by molar-refractivity contribution is 7.21. The van der Waals surface area contributed by atoms with E-state index in [1.807, 2.05) is 6.07 Å². The van der Waals surface area contributed by atoms with Crippen molar-refractivity contribution in [2.45, 2.75) is 18.4 Å². The largest absolute Gasteiger partial charge is 0.321 e. The van der Waals surface area contributed by atoms with Crippen LogP contribution in [-0.2, 0) is 5.54 Å². The van der Waals surface area contributed by atoms with E-state index in [2.05, 4.69) is 42.5 Å². The van der Waals surface area contributed by atoms with Gasteiger partial charge in [-0.1, -0.05) is 36.4 Å². The van der Waals surface area contributed by atoms with Crippen molar-refractivity contribution < 1.29 is 0 Å². The lowest BCUT2D eigenvalue weighted by atomic mass is 9.99. The van der Waals surface area contributed by atoms with Gasteiger partial charge in [-0.3, -0.25) is 0 Å². The Bertz CT molecular complexity index is 723. The monoisotopic (exact) mass is 266 g/mol. The molecule has 19 heavy (non-hydrogen) atoms. The molecule has 1 aliphatic rings. The molecule has 0 atom stereocenters. The number of hydrogen-bond acceptors (Lipinski definition) is 3. The number of para-hydroxylation sites is 1. The van der Waals surface area contributed by atoms with Gasteiger partial charge in [0.2, 0.25) is 0 Å². The summed E-state index contributed by atoms with van der Waals surface area (Å²) < 4.78 is 1.23. The quantitative estimate of drug-likeness (QED) is 0.763. The second-order valence-electron chi connectivity index (χ2n) is 5.19. The van der Waals surface area contributed by atoms with E-state index in [1.165, 1.54) is 15.8 Å². The molecule has 3 aromatic rings. The van der Waals surface area contributed by atoms with Crippen molar-refractivity contribution in [1.82, 2.24) is 4.98 Å². The van der Waals surface area contributed by atoms with Crippen LogP contribution >= 0.6 is 11.3 Å². The molecule has 3 heteroatoms. The van der Waals surface area contributed by atoms with Crippen LogP contribution in [0.1, 0.15) is 18.4 Å². The van der Waals surface area contributed by atoms with Crippen molar-refractivity contribution in [1.29, 1.82) is 0 Å². The fourth-order valence-electron chi connectivity index (χ4n) is 2.50. The molecule has 0 spiro atoms. The third-order valence-corrected chi connectivity index (χ3v) is 4.85. The second kappa shape index (κ2) is 3.89. The SMILES string of the molecule is NC1(c2ccccc2-c2nc3ccccc3s2)CC1. The van der Waals surface area contributed by atoms with Crippen molar-refractivity contribution in [3.63, 3.8) is 0 Å². The molecule has 2 aromatic carbocycles. The van der Waals surface area contributed by atoms with Gasteiger partial charge in [-0.2, -0.15) is 0 Å². The van der Waals surface area contributed by atoms with Gasteiger partial charge in [0.25, 0.3) is 0 Å². The first-order valence-corrected chi connectivity index (χ1v) is 7.32. The van der Waals surface area contributed by atoms with Gasteiger partial charge < -0.3 is 5.73 Å². The van der Waals surface area contributed by atoms with Crippen LogP contribution in [0.15, 0.2) is 48.5 Å². The second-order valence-corrected chi connectivity index (χ2v) is 6.22. The minimum atomic E-state index is -0.117. The summed E-state index contributed by atoms with van der Waals surface area (Å²) in [5, 5.41) is 1.08. The van der Waals surface area contributed by atoms with Gasteiger partial charge in [-0.15, -0.1) is 11.3 Å². The van der Waals surface area contributed by atoms with E-state index in [-0.39, 0.29) is 5.54 Å². The molecule has 1 fully saturated rings. The lowest BCUT2D eigenvalue weighted by Crippen LogP contribution is -2.19.